The molecule has 31 heavy (non-hydrogen) atoms. The van der Waals surface area contributed by atoms with Crippen LogP contribution < -0.4 is 15.5 Å². The molecule has 3 N–H and O–H groups in total. The summed E-state index contributed by atoms with van der Waals surface area (Å²) in [6.45, 7) is 6.89. The summed E-state index contributed by atoms with van der Waals surface area (Å²) in [6, 6.07) is 9.73. The van der Waals surface area contributed by atoms with E-state index in [0.29, 0.717) is 5.16 Å². The molecule has 9 heteroatoms. The smallest absolute Gasteiger partial charge is 0.227 e. The number of amides is 1. The fourth-order valence-corrected chi connectivity index (χ4v) is 3.83. The van der Waals surface area contributed by atoms with Crippen molar-refractivity contribution in [3.63, 3.8) is 0 Å². The van der Waals surface area contributed by atoms with Crippen LogP contribution in [-0.4, -0.2) is 39.7 Å². The van der Waals surface area contributed by atoms with Crippen molar-refractivity contribution in [3.8, 4) is 0 Å². The Morgan fingerprint density at radius 2 is 1.97 bits per heavy atom. The number of hydrogen-bond donors (Lipinski definition) is 3. The number of hydrogen-bond acceptors (Lipinski definition) is 7. The molecule has 1 fully saturated rings. The van der Waals surface area contributed by atoms with Crippen molar-refractivity contribution in [3.05, 3.63) is 41.6 Å². The topological polar surface area (TPSA) is 98.8 Å². The number of nitrogens with zero attached hydrogens (tertiary/aromatic N) is 4. The second-order valence-electron chi connectivity index (χ2n) is 7.77. The van der Waals surface area contributed by atoms with Crippen molar-refractivity contribution < 1.29 is 4.79 Å². The SMILES string of the molecule is CCN(C)c1nc(Sc2ccc(NC(=O)C3CC3)cc2)nc(Nc2cc(C)[nH]n2)c1C. The fourth-order valence-electron chi connectivity index (χ4n) is 3.08. The van der Waals surface area contributed by atoms with Crippen molar-refractivity contribution in [1.82, 2.24) is 20.2 Å². The standard InChI is InChI=1S/C22H27N7OS/c1-5-29(4)20-14(3)19(24-18-12-13(2)27-28-18)25-22(26-20)31-17-10-8-16(9-11-17)23-21(30)15-6-7-15/h8-12,15H,5-7H2,1-4H3,(H,23,30)(H2,24,25,26,27,28). The summed E-state index contributed by atoms with van der Waals surface area (Å²) in [6.07, 6.45) is 1.99. The molecule has 3 aromatic rings. The third-order valence-corrected chi connectivity index (χ3v) is 6.04. The highest BCUT2D eigenvalue weighted by atomic mass is 32.2. The van der Waals surface area contributed by atoms with Gasteiger partial charge in [-0.1, -0.05) is 0 Å². The summed E-state index contributed by atoms with van der Waals surface area (Å²) >= 11 is 1.48. The van der Waals surface area contributed by atoms with Crippen LogP contribution in [0.2, 0.25) is 0 Å². The van der Waals surface area contributed by atoms with Crippen LogP contribution in [0, 0.1) is 19.8 Å². The first kappa shape index (κ1) is 21.2. The Kier molecular flexibility index (Phi) is 6.13. The van der Waals surface area contributed by atoms with Crippen LogP contribution in [0.1, 0.15) is 31.0 Å². The molecule has 0 spiro atoms. The Morgan fingerprint density at radius 1 is 1.23 bits per heavy atom. The Bertz CT molecular complexity index is 1080. The van der Waals surface area contributed by atoms with Gasteiger partial charge in [0.2, 0.25) is 5.91 Å². The van der Waals surface area contributed by atoms with Gasteiger partial charge in [0, 0.05) is 47.4 Å². The normalized spacial score (nSPS) is 13.2. The predicted molar refractivity (Wildman–Crippen MR) is 124 cm³/mol. The summed E-state index contributed by atoms with van der Waals surface area (Å²) in [5.74, 6) is 2.62. The van der Waals surface area contributed by atoms with Crippen LogP contribution in [0.25, 0.3) is 0 Å². The molecule has 162 valence electrons. The summed E-state index contributed by atoms with van der Waals surface area (Å²) in [4.78, 5) is 24.6. The predicted octanol–water partition coefficient (Wildman–Crippen LogP) is 4.52. The van der Waals surface area contributed by atoms with E-state index < -0.39 is 0 Å². The number of aromatic nitrogens is 4. The number of H-pyrrole nitrogens is 1. The van der Waals surface area contributed by atoms with Gasteiger partial charge < -0.3 is 15.5 Å². The molecule has 1 aliphatic carbocycles. The van der Waals surface area contributed by atoms with Gasteiger partial charge >= 0.3 is 0 Å². The summed E-state index contributed by atoms with van der Waals surface area (Å²) in [5.41, 5.74) is 2.75. The Labute approximate surface area is 186 Å². The number of aromatic amines is 1. The highest BCUT2D eigenvalue weighted by Crippen LogP contribution is 2.33. The molecular weight excluding hydrogens is 410 g/mol. The molecule has 1 aliphatic rings. The number of rotatable bonds is 8. The minimum absolute atomic E-state index is 0.110. The van der Waals surface area contributed by atoms with Crippen molar-refractivity contribution in [2.24, 2.45) is 5.92 Å². The number of nitrogens with one attached hydrogen (secondary N) is 3. The van der Waals surface area contributed by atoms with Gasteiger partial charge in [-0.25, -0.2) is 9.97 Å². The Morgan fingerprint density at radius 3 is 2.58 bits per heavy atom. The average molecular weight is 438 g/mol. The van der Waals surface area contributed by atoms with Crippen molar-refractivity contribution in [1.29, 1.82) is 0 Å². The maximum absolute atomic E-state index is 11.9. The van der Waals surface area contributed by atoms with Crippen LogP contribution in [0.4, 0.5) is 23.1 Å². The first-order valence-electron chi connectivity index (χ1n) is 10.4. The summed E-state index contributed by atoms with van der Waals surface area (Å²) < 4.78 is 0. The lowest BCUT2D eigenvalue weighted by Gasteiger charge is -2.20. The van der Waals surface area contributed by atoms with Gasteiger partial charge in [-0.05, 0) is 69.6 Å². The van der Waals surface area contributed by atoms with E-state index >= 15 is 0 Å². The molecule has 0 atom stereocenters. The highest BCUT2D eigenvalue weighted by molar-refractivity contribution is 7.99. The molecule has 2 aromatic heterocycles. The van der Waals surface area contributed by atoms with E-state index in [-0.39, 0.29) is 11.8 Å². The van der Waals surface area contributed by atoms with Crippen LogP contribution in [0.15, 0.2) is 40.4 Å². The summed E-state index contributed by atoms with van der Waals surface area (Å²) in [7, 11) is 2.02. The fraction of sp³-hybridized carbons (Fsp3) is 0.364. The molecule has 1 aromatic carbocycles. The van der Waals surface area contributed by atoms with Crippen molar-refractivity contribution >= 4 is 40.8 Å². The number of anilines is 4. The van der Waals surface area contributed by atoms with Crippen LogP contribution in [0.5, 0.6) is 0 Å². The zero-order valence-electron chi connectivity index (χ0n) is 18.2. The zero-order chi connectivity index (χ0) is 22.0. The molecular formula is C22H27N7OS. The van der Waals surface area contributed by atoms with Gasteiger partial charge in [0.05, 0.1) is 0 Å². The van der Waals surface area contributed by atoms with Crippen LogP contribution in [0.3, 0.4) is 0 Å². The third-order valence-electron chi connectivity index (χ3n) is 5.17. The minimum atomic E-state index is 0.110. The monoisotopic (exact) mass is 437 g/mol. The van der Waals surface area contributed by atoms with E-state index in [1.807, 2.05) is 51.2 Å². The maximum atomic E-state index is 11.9. The maximum Gasteiger partial charge on any atom is 0.227 e. The van der Waals surface area contributed by atoms with E-state index in [0.717, 1.165) is 58.7 Å². The molecule has 0 unspecified atom stereocenters. The lowest BCUT2D eigenvalue weighted by Crippen LogP contribution is -2.20. The zero-order valence-corrected chi connectivity index (χ0v) is 19.0. The average Bonchev–Trinajstić information content (AvgIpc) is 3.53. The molecule has 1 amide bonds. The van der Waals surface area contributed by atoms with Gasteiger partial charge in [0.15, 0.2) is 11.0 Å². The van der Waals surface area contributed by atoms with E-state index in [1.165, 1.54) is 11.8 Å². The first-order valence-corrected chi connectivity index (χ1v) is 11.2. The molecule has 1 saturated carbocycles. The lowest BCUT2D eigenvalue weighted by molar-refractivity contribution is -0.117. The molecule has 0 aliphatic heterocycles. The van der Waals surface area contributed by atoms with Crippen LogP contribution in [-0.2, 0) is 4.79 Å². The highest BCUT2D eigenvalue weighted by Gasteiger charge is 2.29. The van der Waals surface area contributed by atoms with Crippen molar-refractivity contribution in [2.45, 2.75) is 43.7 Å². The van der Waals surface area contributed by atoms with E-state index in [1.54, 1.807) is 0 Å². The lowest BCUT2D eigenvalue weighted by atomic mass is 10.3. The first-order chi connectivity index (χ1) is 14.9. The third kappa shape index (κ3) is 5.16. The quantitative estimate of drug-likeness (QED) is 0.446. The summed E-state index contributed by atoms with van der Waals surface area (Å²) in [5, 5.41) is 14.1. The molecule has 2 heterocycles. The molecule has 0 saturated heterocycles. The molecule has 8 nitrogen and oxygen atoms in total. The number of carbonyl (C=O) groups is 1. The van der Waals surface area contributed by atoms with Gasteiger partial charge in [-0.3, -0.25) is 9.89 Å². The van der Waals surface area contributed by atoms with Gasteiger partial charge in [0.1, 0.15) is 11.6 Å². The molecule has 0 bridgehead atoms. The van der Waals surface area contributed by atoms with Crippen molar-refractivity contribution in [2.75, 3.05) is 29.1 Å². The van der Waals surface area contributed by atoms with E-state index in [2.05, 4.69) is 32.7 Å². The van der Waals surface area contributed by atoms with Crippen LogP contribution >= 0.6 is 11.8 Å². The van der Waals surface area contributed by atoms with E-state index in [9.17, 15) is 4.79 Å². The minimum Gasteiger partial charge on any atom is -0.360 e. The Balaban J connectivity index is 1.56. The number of benzene rings is 1. The van der Waals surface area contributed by atoms with Gasteiger partial charge in [-0.2, -0.15) is 5.10 Å². The number of carbonyl (C=O) groups excluding carboxylic acids is 1. The second-order valence-corrected chi connectivity index (χ2v) is 8.81. The Hall–Kier alpha value is -3.07. The van der Waals surface area contributed by atoms with Gasteiger partial charge in [-0.15, -0.1) is 0 Å². The molecule has 4 rings (SSSR count). The second kappa shape index (κ2) is 8.97. The molecule has 0 radical (unpaired) electrons. The van der Waals surface area contributed by atoms with E-state index in [4.69, 9.17) is 9.97 Å². The largest absolute Gasteiger partial charge is 0.360 e. The number of aryl methyl sites for hydroxylation is 1. The van der Waals surface area contributed by atoms with Gasteiger partial charge in [0.25, 0.3) is 0 Å².